The lowest BCUT2D eigenvalue weighted by molar-refractivity contribution is 0.149. The zero-order chi connectivity index (χ0) is 10.7. The molecule has 1 heterocycles. The molecule has 1 aliphatic rings. The summed E-state index contributed by atoms with van der Waals surface area (Å²) in [5, 5.41) is 14.2. The van der Waals surface area contributed by atoms with Crippen molar-refractivity contribution < 1.29 is 5.11 Å². The van der Waals surface area contributed by atoms with E-state index < -0.39 is 0 Å². The molecule has 3 nitrogen and oxygen atoms in total. The molecular formula is C11H18N2OS. The first-order valence-corrected chi connectivity index (χ1v) is 6.46. The molecule has 15 heavy (non-hydrogen) atoms. The lowest BCUT2D eigenvalue weighted by Gasteiger charge is -2.15. The van der Waals surface area contributed by atoms with Crippen molar-refractivity contribution in [1.82, 2.24) is 10.3 Å². The molecule has 1 fully saturated rings. The van der Waals surface area contributed by atoms with Crippen LogP contribution in [0.15, 0.2) is 6.20 Å². The van der Waals surface area contributed by atoms with E-state index in [1.165, 1.54) is 9.88 Å². The minimum Gasteiger partial charge on any atom is -0.392 e. The Kier molecular flexibility index (Phi) is 3.72. The van der Waals surface area contributed by atoms with Gasteiger partial charge in [0.25, 0.3) is 0 Å². The number of aromatic nitrogens is 1. The fourth-order valence-electron chi connectivity index (χ4n) is 2.00. The Morgan fingerprint density at radius 1 is 1.60 bits per heavy atom. The molecular weight excluding hydrogens is 208 g/mol. The fourth-order valence-corrected chi connectivity index (χ4v) is 2.82. The molecule has 2 rings (SSSR count). The average molecular weight is 226 g/mol. The number of aryl methyl sites for hydroxylation is 1. The number of hydrogen-bond donors (Lipinski definition) is 2. The zero-order valence-corrected chi connectivity index (χ0v) is 9.89. The largest absolute Gasteiger partial charge is 0.392 e. The van der Waals surface area contributed by atoms with Gasteiger partial charge in [0, 0.05) is 23.7 Å². The summed E-state index contributed by atoms with van der Waals surface area (Å²) in [6.07, 6.45) is 5.99. The summed E-state index contributed by atoms with van der Waals surface area (Å²) in [6, 6.07) is 0.289. The van der Waals surface area contributed by atoms with Gasteiger partial charge >= 0.3 is 0 Å². The lowest BCUT2D eigenvalue weighted by Crippen LogP contribution is -2.34. The molecule has 84 valence electrons. The minimum absolute atomic E-state index is 0.149. The van der Waals surface area contributed by atoms with Gasteiger partial charge in [-0.2, -0.15) is 0 Å². The summed E-state index contributed by atoms with van der Waals surface area (Å²) in [5.74, 6) is 0. The molecule has 0 aromatic carbocycles. The van der Waals surface area contributed by atoms with Gasteiger partial charge in [0.05, 0.1) is 11.1 Å². The number of aliphatic hydroxyl groups is 1. The number of hydrogen-bond acceptors (Lipinski definition) is 4. The Morgan fingerprint density at radius 2 is 2.47 bits per heavy atom. The molecule has 0 aliphatic heterocycles. The van der Waals surface area contributed by atoms with Gasteiger partial charge in [-0.05, 0) is 25.7 Å². The topological polar surface area (TPSA) is 45.2 Å². The predicted octanol–water partition coefficient (Wildman–Crippen LogP) is 1.71. The Bertz CT molecular complexity index is 313. The van der Waals surface area contributed by atoms with Crippen molar-refractivity contribution in [3.63, 3.8) is 0 Å². The van der Waals surface area contributed by atoms with Crippen LogP contribution in [0.2, 0.25) is 0 Å². The van der Waals surface area contributed by atoms with E-state index in [-0.39, 0.29) is 12.1 Å². The van der Waals surface area contributed by atoms with Gasteiger partial charge in [0.15, 0.2) is 0 Å². The maximum absolute atomic E-state index is 9.64. The Labute approximate surface area is 94.5 Å². The van der Waals surface area contributed by atoms with Gasteiger partial charge in [0.1, 0.15) is 0 Å². The van der Waals surface area contributed by atoms with E-state index in [2.05, 4.69) is 17.2 Å². The van der Waals surface area contributed by atoms with Crippen LogP contribution in [0.5, 0.6) is 0 Å². The molecule has 1 aliphatic carbocycles. The van der Waals surface area contributed by atoms with E-state index in [1.54, 1.807) is 11.3 Å². The third-order valence-corrected chi connectivity index (χ3v) is 4.06. The van der Waals surface area contributed by atoms with Crippen molar-refractivity contribution >= 4 is 11.3 Å². The maximum atomic E-state index is 9.64. The van der Waals surface area contributed by atoms with E-state index in [0.29, 0.717) is 0 Å². The molecule has 0 bridgehead atoms. The van der Waals surface area contributed by atoms with Gasteiger partial charge in [-0.3, -0.25) is 0 Å². The monoisotopic (exact) mass is 226 g/mol. The Hall–Kier alpha value is -0.450. The number of rotatable bonds is 4. The first-order chi connectivity index (χ1) is 7.29. The van der Waals surface area contributed by atoms with E-state index in [9.17, 15) is 5.11 Å². The summed E-state index contributed by atoms with van der Waals surface area (Å²) < 4.78 is 0. The van der Waals surface area contributed by atoms with E-state index in [4.69, 9.17) is 0 Å². The lowest BCUT2D eigenvalue weighted by atomic mass is 10.2. The zero-order valence-electron chi connectivity index (χ0n) is 9.07. The van der Waals surface area contributed by atoms with Crippen LogP contribution in [0.3, 0.4) is 0 Å². The van der Waals surface area contributed by atoms with E-state index in [1.807, 2.05) is 6.20 Å². The van der Waals surface area contributed by atoms with E-state index >= 15 is 0 Å². The van der Waals surface area contributed by atoms with Gasteiger partial charge in [-0.15, -0.1) is 11.3 Å². The van der Waals surface area contributed by atoms with Crippen molar-refractivity contribution in [3.8, 4) is 0 Å². The molecule has 0 saturated heterocycles. The van der Waals surface area contributed by atoms with Crippen LogP contribution in [0.25, 0.3) is 0 Å². The number of aliphatic hydroxyl groups excluding tert-OH is 1. The summed E-state index contributed by atoms with van der Waals surface area (Å²) in [6.45, 7) is 2.97. The normalized spacial score (nSPS) is 26.0. The van der Waals surface area contributed by atoms with Crippen LogP contribution in [0, 0.1) is 0 Å². The molecule has 1 aromatic heterocycles. The Balaban J connectivity index is 1.82. The van der Waals surface area contributed by atoms with Crippen LogP contribution in [-0.2, 0) is 13.0 Å². The number of thiazole rings is 1. The summed E-state index contributed by atoms with van der Waals surface area (Å²) in [7, 11) is 0. The van der Waals surface area contributed by atoms with Crippen LogP contribution in [0.4, 0.5) is 0 Å². The maximum Gasteiger partial charge on any atom is 0.0925 e. The standard InChI is InChI=1S/C11H18N2OS/c1-2-11-13-7-8(15-11)6-12-9-4-3-5-10(9)14/h7,9-10,12,14H,2-6H2,1H3. The molecule has 0 radical (unpaired) electrons. The fraction of sp³-hybridized carbons (Fsp3) is 0.727. The molecule has 4 heteroatoms. The summed E-state index contributed by atoms with van der Waals surface area (Å²) >= 11 is 1.76. The first-order valence-electron chi connectivity index (χ1n) is 5.64. The molecule has 1 saturated carbocycles. The van der Waals surface area contributed by atoms with E-state index in [0.717, 1.165) is 32.2 Å². The van der Waals surface area contributed by atoms with Crippen LogP contribution in [-0.4, -0.2) is 22.2 Å². The molecule has 2 N–H and O–H groups in total. The second-order valence-electron chi connectivity index (χ2n) is 4.06. The van der Waals surface area contributed by atoms with Crippen molar-refractivity contribution in [2.75, 3.05) is 0 Å². The molecule has 1 aromatic rings. The van der Waals surface area contributed by atoms with Gasteiger partial charge in [-0.1, -0.05) is 6.92 Å². The highest BCUT2D eigenvalue weighted by atomic mass is 32.1. The van der Waals surface area contributed by atoms with Gasteiger partial charge in [0.2, 0.25) is 0 Å². The molecule has 2 unspecified atom stereocenters. The van der Waals surface area contributed by atoms with Crippen molar-refractivity contribution in [1.29, 1.82) is 0 Å². The number of nitrogens with one attached hydrogen (secondary N) is 1. The molecule has 0 amide bonds. The van der Waals surface area contributed by atoms with Crippen molar-refractivity contribution in [3.05, 3.63) is 16.1 Å². The number of nitrogens with zero attached hydrogens (tertiary/aromatic N) is 1. The van der Waals surface area contributed by atoms with Gasteiger partial charge in [-0.25, -0.2) is 4.98 Å². The summed E-state index contributed by atoms with van der Waals surface area (Å²) in [5.41, 5.74) is 0. The Morgan fingerprint density at radius 3 is 3.07 bits per heavy atom. The molecule has 0 spiro atoms. The second-order valence-corrected chi connectivity index (χ2v) is 5.26. The van der Waals surface area contributed by atoms with Crippen LogP contribution >= 0.6 is 11.3 Å². The predicted molar refractivity (Wildman–Crippen MR) is 62.0 cm³/mol. The smallest absolute Gasteiger partial charge is 0.0925 e. The second kappa shape index (κ2) is 5.05. The highest BCUT2D eigenvalue weighted by molar-refractivity contribution is 7.11. The van der Waals surface area contributed by atoms with Gasteiger partial charge < -0.3 is 10.4 Å². The van der Waals surface area contributed by atoms with Crippen molar-refractivity contribution in [2.45, 2.75) is 51.3 Å². The highest BCUT2D eigenvalue weighted by Crippen LogP contribution is 2.20. The first kappa shape index (κ1) is 11.0. The molecule has 2 atom stereocenters. The highest BCUT2D eigenvalue weighted by Gasteiger charge is 2.24. The summed E-state index contributed by atoms with van der Waals surface area (Å²) in [4.78, 5) is 5.58. The SMILES string of the molecule is CCc1ncc(CNC2CCCC2O)s1. The van der Waals surface area contributed by atoms with Crippen molar-refractivity contribution in [2.24, 2.45) is 0 Å². The third kappa shape index (κ3) is 2.77. The third-order valence-electron chi connectivity index (χ3n) is 2.92. The van der Waals surface area contributed by atoms with Crippen LogP contribution in [0.1, 0.15) is 36.1 Å². The van der Waals surface area contributed by atoms with Crippen LogP contribution < -0.4 is 5.32 Å². The minimum atomic E-state index is -0.149. The average Bonchev–Trinajstić information content (AvgIpc) is 2.84. The quantitative estimate of drug-likeness (QED) is 0.821.